The lowest BCUT2D eigenvalue weighted by Gasteiger charge is -2.28. The number of carboxylic acid groups (broad SMARTS) is 1. The number of carbonyl (C=O) groups excluding carboxylic acids is 1. The summed E-state index contributed by atoms with van der Waals surface area (Å²) in [6.07, 6.45) is 8.37. The van der Waals surface area contributed by atoms with E-state index in [-0.39, 0.29) is 12.3 Å². The Morgan fingerprint density at radius 1 is 1.00 bits per heavy atom. The molecule has 2 heterocycles. The summed E-state index contributed by atoms with van der Waals surface area (Å²) in [5.74, 6) is 0.362. The van der Waals surface area contributed by atoms with Gasteiger partial charge < -0.3 is 20.5 Å². The molecule has 2 bridgehead atoms. The van der Waals surface area contributed by atoms with Crippen molar-refractivity contribution < 1.29 is 19.4 Å². The second-order valence-electron chi connectivity index (χ2n) is 8.36. The zero-order valence-electron chi connectivity index (χ0n) is 17.1. The van der Waals surface area contributed by atoms with Gasteiger partial charge in [0.25, 0.3) is 0 Å². The number of benzene rings is 1. The summed E-state index contributed by atoms with van der Waals surface area (Å²) >= 11 is 0. The molecule has 160 valence electrons. The Bertz CT molecular complexity index is 652. The van der Waals surface area contributed by atoms with Crippen molar-refractivity contribution in [2.45, 2.75) is 70.1 Å². The lowest BCUT2D eigenvalue weighted by Crippen LogP contribution is -2.40. The highest BCUT2D eigenvalue weighted by molar-refractivity contribution is 5.77. The first-order valence-corrected chi connectivity index (χ1v) is 11.0. The lowest BCUT2D eigenvalue weighted by molar-refractivity contribution is -0.137. The lowest BCUT2D eigenvalue weighted by atomic mass is 9.76. The van der Waals surface area contributed by atoms with E-state index in [9.17, 15) is 9.59 Å². The third kappa shape index (κ3) is 6.82. The summed E-state index contributed by atoms with van der Waals surface area (Å²) < 4.78 is 6.15. The summed E-state index contributed by atoms with van der Waals surface area (Å²) in [6.45, 7) is 1.72. The summed E-state index contributed by atoms with van der Waals surface area (Å²) in [6, 6.07) is 9.93. The molecule has 0 radical (unpaired) electrons. The molecule has 29 heavy (non-hydrogen) atoms. The molecule has 2 saturated heterocycles. The molecule has 2 aliphatic heterocycles. The number of carboxylic acids is 1. The molecule has 0 aromatic heterocycles. The quantitative estimate of drug-likeness (QED) is 0.441. The van der Waals surface area contributed by atoms with E-state index in [1.165, 1.54) is 0 Å². The van der Waals surface area contributed by atoms with Gasteiger partial charge in [0.15, 0.2) is 0 Å². The molecule has 2 aliphatic rings. The highest BCUT2D eigenvalue weighted by atomic mass is 16.5. The van der Waals surface area contributed by atoms with Gasteiger partial charge in [-0.05, 0) is 37.2 Å². The molecule has 1 aromatic rings. The first-order valence-electron chi connectivity index (χ1n) is 11.0. The third-order valence-electron chi connectivity index (χ3n) is 6.27. The van der Waals surface area contributed by atoms with Gasteiger partial charge in [0.1, 0.15) is 0 Å². The molecule has 4 atom stereocenters. The maximum absolute atomic E-state index is 12.1. The number of carbonyl (C=O) groups is 2. The van der Waals surface area contributed by atoms with Gasteiger partial charge in [-0.3, -0.25) is 9.59 Å². The fourth-order valence-corrected chi connectivity index (χ4v) is 4.77. The molecular weight excluding hydrogens is 368 g/mol. The van der Waals surface area contributed by atoms with Crippen LogP contribution >= 0.6 is 0 Å². The Morgan fingerprint density at radius 3 is 2.48 bits per heavy atom. The Labute approximate surface area is 173 Å². The molecule has 3 rings (SSSR count). The van der Waals surface area contributed by atoms with Crippen LogP contribution in [0.3, 0.4) is 0 Å². The zero-order chi connectivity index (χ0) is 20.5. The maximum Gasteiger partial charge on any atom is 0.303 e. The Balaban J connectivity index is 1.33. The molecule has 1 amide bonds. The van der Waals surface area contributed by atoms with Gasteiger partial charge in [-0.2, -0.15) is 0 Å². The highest BCUT2D eigenvalue weighted by Crippen LogP contribution is 2.45. The molecular formula is C23H34N2O4. The van der Waals surface area contributed by atoms with E-state index in [1.54, 1.807) is 0 Å². The normalized spacial score (nSPS) is 25.2. The first-order chi connectivity index (χ1) is 14.1. The summed E-state index contributed by atoms with van der Waals surface area (Å²) in [4.78, 5) is 22.7. The van der Waals surface area contributed by atoms with Gasteiger partial charge in [0.05, 0.1) is 18.8 Å². The van der Waals surface area contributed by atoms with Crippen molar-refractivity contribution in [3.8, 4) is 0 Å². The van der Waals surface area contributed by atoms with Gasteiger partial charge in [-0.25, -0.2) is 0 Å². The van der Waals surface area contributed by atoms with Gasteiger partial charge in [0, 0.05) is 25.4 Å². The maximum atomic E-state index is 12.1. The standard InChI is InChI=1S/C23H34N2O4/c26-22(25-14-17-8-4-3-5-9-17)16-24-15-19-18(20-12-13-21(19)29-20)10-6-1-2-7-11-23(27)28/h3-5,8-9,18-21,24H,1-2,6-7,10-16H2,(H,25,26)(H,27,28). The monoisotopic (exact) mass is 402 g/mol. The second kappa shape index (κ2) is 11.3. The molecule has 2 fully saturated rings. The number of hydrogen-bond acceptors (Lipinski definition) is 4. The van der Waals surface area contributed by atoms with E-state index in [4.69, 9.17) is 9.84 Å². The van der Waals surface area contributed by atoms with Crippen LogP contribution in [0.4, 0.5) is 0 Å². The number of amides is 1. The Hall–Kier alpha value is -1.92. The van der Waals surface area contributed by atoms with E-state index in [0.717, 1.165) is 57.1 Å². The highest BCUT2D eigenvalue weighted by Gasteiger charge is 2.47. The molecule has 6 heteroatoms. The zero-order valence-corrected chi connectivity index (χ0v) is 17.1. The van der Waals surface area contributed by atoms with E-state index < -0.39 is 5.97 Å². The average molecular weight is 403 g/mol. The fourth-order valence-electron chi connectivity index (χ4n) is 4.77. The van der Waals surface area contributed by atoms with Crippen LogP contribution in [0.2, 0.25) is 0 Å². The van der Waals surface area contributed by atoms with Crippen LogP contribution in [0.1, 0.15) is 56.9 Å². The number of unbranched alkanes of at least 4 members (excludes halogenated alkanes) is 3. The van der Waals surface area contributed by atoms with Crippen molar-refractivity contribution in [1.29, 1.82) is 0 Å². The molecule has 1 aromatic carbocycles. The van der Waals surface area contributed by atoms with Crippen LogP contribution in [0.5, 0.6) is 0 Å². The number of hydrogen-bond donors (Lipinski definition) is 3. The van der Waals surface area contributed by atoms with Crippen molar-refractivity contribution in [2.24, 2.45) is 11.8 Å². The summed E-state index contributed by atoms with van der Waals surface area (Å²) in [5, 5.41) is 15.0. The first kappa shape index (κ1) is 21.8. The topological polar surface area (TPSA) is 87.7 Å². The van der Waals surface area contributed by atoms with Crippen molar-refractivity contribution in [2.75, 3.05) is 13.1 Å². The molecule has 0 spiro atoms. The predicted molar refractivity (Wildman–Crippen MR) is 111 cm³/mol. The van der Waals surface area contributed by atoms with Crippen LogP contribution < -0.4 is 10.6 Å². The van der Waals surface area contributed by atoms with Gasteiger partial charge in [-0.15, -0.1) is 0 Å². The average Bonchev–Trinajstić information content (AvgIpc) is 3.32. The predicted octanol–water partition coefficient (Wildman–Crippen LogP) is 3.11. The van der Waals surface area contributed by atoms with Gasteiger partial charge in [0.2, 0.25) is 5.91 Å². The van der Waals surface area contributed by atoms with E-state index in [2.05, 4.69) is 10.6 Å². The summed E-state index contributed by atoms with van der Waals surface area (Å²) in [7, 11) is 0. The number of rotatable bonds is 13. The van der Waals surface area contributed by atoms with E-state index in [1.807, 2.05) is 30.3 Å². The SMILES string of the molecule is O=C(O)CCCCCCC1C2CCC(O2)C1CNCC(=O)NCc1ccccc1. The molecule has 0 aliphatic carbocycles. The Kier molecular flexibility index (Phi) is 8.50. The number of nitrogens with one attached hydrogen (secondary N) is 2. The molecule has 0 saturated carbocycles. The van der Waals surface area contributed by atoms with Gasteiger partial charge in [-0.1, -0.05) is 49.6 Å². The smallest absolute Gasteiger partial charge is 0.303 e. The number of fused-ring (bicyclic) bond motifs is 2. The van der Waals surface area contributed by atoms with Gasteiger partial charge >= 0.3 is 5.97 Å². The molecule has 4 unspecified atom stereocenters. The number of aliphatic carboxylic acids is 1. The van der Waals surface area contributed by atoms with Crippen molar-refractivity contribution in [1.82, 2.24) is 10.6 Å². The Morgan fingerprint density at radius 2 is 1.72 bits per heavy atom. The minimum Gasteiger partial charge on any atom is -0.481 e. The molecule has 6 nitrogen and oxygen atoms in total. The van der Waals surface area contributed by atoms with Crippen LogP contribution in [0.15, 0.2) is 30.3 Å². The largest absolute Gasteiger partial charge is 0.481 e. The van der Waals surface area contributed by atoms with Crippen molar-refractivity contribution >= 4 is 11.9 Å². The summed E-state index contributed by atoms with van der Waals surface area (Å²) in [5.41, 5.74) is 1.10. The molecule has 3 N–H and O–H groups in total. The fraction of sp³-hybridized carbons (Fsp3) is 0.652. The van der Waals surface area contributed by atoms with Crippen molar-refractivity contribution in [3.05, 3.63) is 35.9 Å². The number of ether oxygens (including phenoxy) is 1. The van der Waals surface area contributed by atoms with Crippen LogP contribution in [0, 0.1) is 11.8 Å². The minimum atomic E-state index is -0.703. The van der Waals surface area contributed by atoms with Crippen molar-refractivity contribution in [3.63, 3.8) is 0 Å². The van der Waals surface area contributed by atoms with E-state index >= 15 is 0 Å². The third-order valence-corrected chi connectivity index (χ3v) is 6.27. The second-order valence-corrected chi connectivity index (χ2v) is 8.36. The van der Waals surface area contributed by atoms with Crippen LogP contribution in [0.25, 0.3) is 0 Å². The van der Waals surface area contributed by atoms with Crippen LogP contribution in [-0.4, -0.2) is 42.3 Å². The minimum absolute atomic E-state index is 0.0212. The van der Waals surface area contributed by atoms with E-state index in [0.29, 0.717) is 37.1 Å². The van der Waals surface area contributed by atoms with Crippen LogP contribution in [-0.2, 0) is 20.9 Å².